The first kappa shape index (κ1) is 38.8. The third-order valence-electron chi connectivity index (χ3n) is 9.12. The van der Waals surface area contributed by atoms with Crippen LogP contribution in [0.1, 0.15) is 40.5 Å². The first-order valence-corrected chi connectivity index (χ1v) is 16.5. The monoisotopic (exact) mass is 671 g/mol. The highest BCUT2D eigenvalue weighted by Crippen LogP contribution is 2.29. The molecule has 48 heavy (non-hydrogen) atoms. The summed E-state index contributed by atoms with van der Waals surface area (Å²) in [5, 5.41) is 17.2. The summed E-state index contributed by atoms with van der Waals surface area (Å²) in [6.45, 7) is 12.0. The zero-order valence-electron chi connectivity index (χ0n) is 29.3. The number of amides is 2. The van der Waals surface area contributed by atoms with Crippen molar-refractivity contribution in [1.29, 1.82) is 0 Å². The predicted molar refractivity (Wildman–Crippen MR) is 181 cm³/mol. The number of aliphatic hydroxyl groups is 1. The number of ether oxygens (including phenoxy) is 3. The van der Waals surface area contributed by atoms with Gasteiger partial charge < -0.3 is 40.6 Å². The largest absolute Gasteiger partial charge is 0.439 e. The number of primary amides is 1. The van der Waals surface area contributed by atoms with Gasteiger partial charge in [0.05, 0.1) is 23.6 Å². The van der Waals surface area contributed by atoms with Crippen LogP contribution in [-0.2, 0) is 28.6 Å². The highest BCUT2D eigenvalue weighted by molar-refractivity contribution is 6.23. The number of aliphatic hydroxyl groups excluding tert-OH is 1. The Labute approximate surface area is 283 Å². The molecule has 2 heterocycles. The Morgan fingerprint density at radius 1 is 1.10 bits per heavy atom. The number of rotatable bonds is 7. The lowest BCUT2D eigenvalue weighted by molar-refractivity contribution is -0.120. The molecule has 2 bridgehead atoms. The number of nitrogens with zero attached hydrogens (tertiary/aromatic N) is 2. The molecule has 0 aromatic heterocycles. The summed E-state index contributed by atoms with van der Waals surface area (Å²) >= 11 is 0. The molecular weight excluding hydrogens is 618 g/mol. The van der Waals surface area contributed by atoms with Crippen molar-refractivity contribution in [2.45, 2.75) is 65.0 Å². The molecule has 13 heteroatoms. The average molecular weight is 672 g/mol. The molecule has 4 unspecified atom stereocenters. The first-order valence-electron chi connectivity index (χ1n) is 16.5. The van der Waals surface area contributed by atoms with E-state index >= 15 is 0 Å². The Kier molecular flexibility index (Phi) is 14.7. The maximum Gasteiger partial charge on any atom is 0.405 e. The second kappa shape index (κ2) is 18.2. The minimum Gasteiger partial charge on any atom is -0.439 e. The van der Waals surface area contributed by atoms with Gasteiger partial charge in [-0.3, -0.25) is 19.3 Å². The molecule has 2 amide bonds. The van der Waals surface area contributed by atoms with Crippen molar-refractivity contribution in [2.75, 3.05) is 60.5 Å². The number of hydrogen-bond donors (Lipinski definition) is 4. The topological polar surface area (TPSA) is 173 Å². The second-order valence-corrected chi connectivity index (χ2v) is 13.0. The number of nitrogens with two attached hydrogens (primary N) is 1. The number of carbonyl (C=O) groups is 4. The Morgan fingerprint density at radius 3 is 2.42 bits per heavy atom. The zero-order valence-corrected chi connectivity index (χ0v) is 29.3. The molecule has 1 saturated heterocycles. The quantitative estimate of drug-likeness (QED) is 0.229. The summed E-state index contributed by atoms with van der Waals surface area (Å²) < 4.78 is 16.7. The number of allylic oxidation sites excluding steroid dienone is 4. The molecule has 5 N–H and O–H groups in total. The van der Waals surface area contributed by atoms with Gasteiger partial charge in [-0.1, -0.05) is 38.2 Å². The third-order valence-corrected chi connectivity index (χ3v) is 9.12. The van der Waals surface area contributed by atoms with Crippen molar-refractivity contribution in [3.63, 3.8) is 0 Å². The number of nitrogens with one attached hydrogen (secondary N) is 2. The molecule has 1 aliphatic carbocycles. The van der Waals surface area contributed by atoms with Crippen LogP contribution in [-0.4, -0.2) is 123 Å². The van der Waals surface area contributed by atoms with E-state index in [0.717, 1.165) is 26.2 Å². The lowest BCUT2D eigenvalue weighted by Gasteiger charge is -2.32. The number of hydrogen-bond acceptors (Lipinski definition) is 11. The van der Waals surface area contributed by atoms with E-state index < -0.39 is 48.1 Å². The number of ketones is 2. The van der Waals surface area contributed by atoms with Gasteiger partial charge >= 0.3 is 6.09 Å². The Hall–Kier alpha value is -3.62. The molecule has 1 fully saturated rings. The van der Waals surface area contributed by atoms with Crippen molar-refractivity contribution < 1.29 is 38.5 Å². The normalized spacial score (nSPS) is 32.0. The standard InChI is InChI=1S/C35H53N5O8/c1-21-17-25-30(37-11-12-40-15-13-39(5)14-16-40)27(41)20-26(32(25)43)38-34(44)22(2)9-8-10-28(46-6)33(48-35(36)45)24(4)19-23(3)31(42)29(18-21)47-7/h8-10,19-21,23,28-29,31,33,37,42H,11-18H2,1-7H3,(H2,36,45)(H,38,44)/b10-8-,22-9+,24-19+/t21-,23+,28?,29?,31?,33?/m1/s1. The number of fused-ring (bicyclic) bond motifs is 2. The zero-order chi connectivity index (χ0) is 35.5. The van der Waals surface area contributed by atoms with Crippen LogP contribution in [0.5, 0.6) is 0 Å². The lowest BCUT2D eigenvalue weighted by Crippen LogP contribution is -2.46. The maximum absolute atomic E-state index is 13.9. The highest BCUT2D eigenvalue weighted by Gasteiger charge is 2.33. The van der Waals surface area contributed by atoms with Crippen molar-refractivity contribution in [2.24, 2.45) is 17.6 Å². The van der Waals surface area contributed by atoms with Crippen LogP contribution in [0.15, 0.2) is 58.5 Å². The van der Waals surface area contributed by atoms with Crippen LogP contribution in [0, 0.1) is 11.8 Å². The van der Waals surface area contributed by atoms with Gasteiger partial charge in [0.2, 0.25) is 11.6 Å². The van der Waals surface area contributed by atoms with E-state index in [9.17, 15) is 24.3 Å². The molecule has 6 atom stereocenters. The van der Waals surface area contributed by atoms with Crippen molar-refractivity contribution >= 4 is 23.6 Å². The van der Waals surface area contributed by atoms with Crippen LogP contribution in [0.3, 0.4) is 0 Å². The van der Waals surface area contributed by atoms with Crippen LogP contribution < -0.4 is 16.4 Å². The molecule has 0 aromatic carbocycles. The van der Waals surface area contributed by atoms with E-state index in [1.807, 2.05) is 13.8 Å². The van der Waals surface area contributed by atoms with E-state index in [1.165, 1.54) is 26.4 Å². The molecule has 0 spiro atoms. The molecule has 0 radical (unpaired) electrons. The van der Waals surface area contributed by atoms with Crippen LogP contribution in [0.2, 0.25) is 0 Å². The van der Waals surface area contributed by atoms with E-state index in [2.05, 4.69) is 27.5 Å². The fourth-order valence-electron chi connectivity index (χ4n) is 6.19. The molecular formula is C35H53N5O8. The number of carbonyl (C=O) groups excluding carboxylic acids is 4. The second-order valence-electron chi connectivity index (χ2n) is 13.0. The smallest absolute Gasteiger partial charge is 0.405 e. The molecule has 0 aromatic rings. The number of methoxy groups -OCH3 is 2. The van der Waals surface area contributed by atoms with Crippen molar-refractivity contribution in [3.8, 4) is 0 Å². The summed E-state index contributed by atoms with van der Waals surface area (Å²) in [7, 11) is 5.04. The van der Waals surface area contributed by atoms with Crippen molar-refractivity contribution in [3.05, 3.63) is 58.5 Å². The molecule has 3 aliphatic rings. The van der Waals surface area contributed by atoms with Gasteiger partial charge in [-0.2, -0.15) is 0 Å². The molecule has 0 saturated carbocycles. The minimum absolute atomic E-state index is 0.104. The SMILES string of the molecule is COC1/C=C\C=C(/C)C(=O)NC2=CC(=O)C(NCCN3CCN(C)CC3)=C(C[C@@H](C)CC(OC)C(O)[C@@H](C)/C=C(\C)C1OC(N)=O)C2=O. The van der Waals surface area contributed by atoms with Gasteiger partial charge in [-0.05, 0) is 45.2 Å². The molecule has 13 nitrogen and oxygen atoms in total. The van der Waals surface area contributed by atoms with E-state index in [0.29, 0.717) is 25.1 Å². The highest BCUT2D eigenvalue weighted by atomic mass is 16.6. The number of likely N-dealkylation sites (N-methyl/N-ethyl adjacent to an activating group) is 1. The summed E-state index contributed by atoms with van der Waals surface area (Å²) in [4.78, 5) is 56.9. The summed E-state index contributed by atoms with van der Waals surface area (Å²) in [6.07, 6.45) is 3.95. The van der Waals surface area contributed by atoms with Crippen LogP contribution in [0.4, 0.5) is 4.79 Å². The number of Topliss-reactive ketones (excluding diaryl/α,β-unsaturated/α-hetero) is 1. The van der Waals surface area contributed by atoms with Gasteiger partial charge in [0.25, 0.3) is 5.91 Å². The van der Waals surface area contributed by atoms with Gasteiger partial charge in [-0.15, -0.1) is 0 Å². The number of piperazine rings is 1. The predicted octanol–water partition coefficient (Wildman–Crippen LogP) is 1.60. The first-order chi connectivity index (χ1) is 22.7. The Morgan fingerprint density at radius 2 is 1.79 bits per heavy atom. The molecule has 2 aliphatic heterocycles. The minimum atomic E-state index is -0.995. The van der Waals surface area contributed by atoms with Crippen molar-refractivity contribution in [1.82, 2.24) is 20.4 Å². The molecule has 266 valence electrons. The van der Waals surface area contributed by atoms with Gasteiger partial charge in [0.15, 0.2) is 6.10 Å². The summed E-state index contributed by atoms with van der Waals surface area (Å²) in [5.41, 5.74) is 6.64. The van der Waals surface area contributed by atoms with E-state index in [1.54, 1.807) is 32.1 Å². The fourth-order valence-corrected chi connectivity index (χ4v) is 6.19. The van der Waals surface area contributed by atoms with Gasteiger partial charge in [0, 0.05) is 76.6 Å². The van der Waals surface area contributed by atoms with Crippen LogP contribution in [0.25, 0.3) is 0 Å². The lowest BCUT2D eigenvalue weighted by atomic mass is 9.85. The Bertz CT molecular complexity index is 1340. The average Bonchev–Trinajstić information content (AvgIpc) is 3.04. The third kappa shape index (κ3) is 10.7. The van der Waals surface area contributed by atoms with E-state index in [4.69, 9.17) is 19.9 Å². The van der Waals surface area contributed by atoms with Crippen LogP contribution >= 0.6 is 0 Å². The van der Waals surface area contributed by atoms with Gasteiger partial charge in [-0.25, -0.2) is 4.79 Å². The van der Waals surface area contributed by atoms with Gasteiger partial charge in [0.1, 0.15) is 6.10 Å². The summed E-state index contributed by atoms with van der Waals surface area (Å²) in [5.74, 6) is -2.03. The Balaban J connectivity index is 1.98. The maximum atomic E-state index is 13.9. The molecule has 3 rings (SSSR count). The summed E-state index contributed by atoms with van der Waals surface area (Å²) in [6, 6.07) is 0. The van der Waals surface area contributed by atoms with E-state index in [-0.39, 0.29) is 40.7 Å². The fraction of sp³-hybridized carbons (Fsp3) is 0.600.